The third-order valence-electron chi connectivity index (χ3n) is 0. The molecular formula is H3BHoPrScYb. The zero-order valence-electron chi connectivity index (χ0n) is 1.72. The summed E-state index contributed by atoms with van der Waals surface area (Å²) in [5, 5.41) is 0. The number of rotatable bonds is 0. The minimum Gasteiger partial charge on any atom is 0 e. The second kappa shape index (κ2) is 23.0. The molecule has 0 atom stereocenters. The van der Waals surface area contributed by atoms with Gasteiger partial charge in [-0.25, -0.2) is 0 Å². The van der Waals surface area contributed by atoms with Gasteiger partial charge in [0.1, 0.15) is 0 Å². The second-order valence-corrected chi connectivity index (χ2v) is 0. The van der Waals surface area contributed by atoms with Gasteiger partial charge in [-0.15, -0.1) is 0 Å². The van der Waals surface area contributed by atoms with Crippen molar-refractivity contribution in [3.8, 4) is 0 Å². The van der Waals surface area contributed by atoms with E-state index in [1.807, 2.05) is 0 Å². The average molecular weight is 538 g/mol. The maximum Gasteiger partial charge on any atom is 0.0814 e. The van der Waals surface area contributed by atoms with Gasteiger partial charge in [0.15, 0.2) is 0 Å². The predicted molar refractivity (Wildman–Crippen MR) is 9.94 cm³/mol. The Morgan fingerprint density at radius 3 is 1.00 bits per heavy atom. The van der Waals surface area contributed by atoms with Crippen molar-refractivity contribution in [1.82, 2.24) is 0 Å². The Morgan fingerprint density at radius 1 is 1.00 bits per heavy atom. The summed E-state index contributed by atoms with van der Waals surface area (Å²) in [4.78, 5) is 0. The molecule has 0 aromatic carbocycles. The van der Waals surface area contributed by atoms with Gasteiger partial charge in [0.05, 0.1) is 8.41 Å². The molecule has 0 amide bonds. The Labute approximate surface area is 155 Å². The molecule has 0 unspecified atom stereocenters. The van der Waals surface area contributed by atoms with Gasteiger partial charge >= 0.3 is 0 Å². The van der Waals surface area contributed by atoms with Crippen molar-refractivity contribution < 1.29 is 152 Å². The first kappa shape index (κ1) is 32.2. The molecule has 0 bridgehead atoms. The predicted octanol–water partition coefficient (Wildman–Crippen LogP) is -1.19. The fourth-order valence-corrected chi connectivity index (χ4v) is 0. The molecule has 0 fully saturated rings. The van der Waals surface area contributed by atoms with Gasteiger partial charge in [-0.2, -0.15) is 0 Å². The molecule has 0 aliphatic rings. The Kier molecular flexibility index (Phi) is 148. The largest absolute Gasteiger partial charge is 0.0814 e. The monoisotopic (exact) mass is 539 g/mol. The van der Waals surface area contributed by atoms with Gasteiger partial charge in [-0.3, -0.25) is 0 Å². The molecule has 0 rings (SSSR count). The SMILES string of the molecule is B.[Ho].[Pr].[Sc].[Yb]. The van der Waals surface area contributed by atoms with Crippen LogP contribution in [0.4, 0.5) is 0 Å². The summed E-state index contributed by atoms with van der Waals surface area (Å²) in [7, 11) is 0. The van der Waals surface area contributed by atoms with Gasteiger partial charge in [-0.05, 0) is 0 Å². The first-order chi connectivity index (χ1) is 0. The van der Waals surface area contributed by atoms with Crippen molar-refractivity contribution in [2.45, 2.75) is 0 Å². The van der Waals surface area contributed by atoms with Crippen molar-refractivity contribution in [1.29, 1.82) is 0 Å². The number of hydrogen-bond acceptors (Lipinski definition) is 0. The first-order valence-corrected chi connectivity index (χ1v) is 0. The van der Waals surface area contributed by atoms with Gasteiger partial charge in [0, 0.05) is 152 Å². The van der Waals surface area contributed by atoms with Crippen LogP contribution < -0.4 is 0 Å². The van der Waals surface area contributed by atoms with Crippen molar-refractivity contribution >= 4 is 8.41 Å². The Morgan fingerprint density at radius 2 is 1.00 bits per heavy atom. The smallest absolute Gasteiger partial charge is 0 e. The van der Waals surface area contributed by atoms with Gasteiger partial charge in [-0.1, -0.05) is 0 Å². The van der Waals surface area contributed by atoms with Crippen LogP contribution in [0, 0.1) is 126 Å². The second-order valence-electron chi connectivity index (χ2n) is 0. The normalized spacial score (nSPS) is 0. The minimum atomic E-state index is 0. The zero-order valence-corrected chi connectivity index (χ0v) is 10.9. The molecule has 0 aliphatic heterocycles. The summed E-state index contributed by atoms with van der Waals surface area (Å²) in [5.41, 5.74) is 0. The standard InChI is InChI=1S/BH3.Ho.Pr.Sc.Yb/h1H3;;;;. The van der Waals surface area contributed by atoms with E-state index in [-0.39, 0.29) is 160 Å². The van der Waals surface area contributed by atoms with E-state index < -0.39 is 0 Å². The summed E-state index contributed by atoms with van der Waals surface area (Å²) in [5.74, 6) is 0. The van der Waals surface area contributed by atoms with E-state index in [1.54, 1.807) is 0 Å². The maximum atomic E-state index is 0. The Bertz CT molecular complexity index is 11.6. The van der Waals surface area contributed by atoms with Crippen LogP contribution >= 0.6 is 0 Å². The maximum absolute atomic E-state index is 0. The van der Waals surface area contributed by atoms with E-state index in [0.29, 0.717) is 0 Å². The van der Waals surface area contributed by atoms with Crippen LogP contribution in [0.15, 0.2) is 0 Å². The third-order valence-corrected chi connectivity index (χ3v) is 0. The van der Waals surface area contributed by atoms with Crippen molar-refractivity contribution in [2.75, 3.05) is 0 Å². The molecule has 3 radical (unpaired) electrons. The molecule has 5 heavy (non-hydrogen) atoms. The summed E-state index contributed by atoms with van der Waals surface area (Å²) in [6.07, 6.45) is 0. The minimum absolute atomic E-state index is 0. The summed E-state index contributed by atoms with van der Waals surface area (Å²) in [6.45, 7) is 0. The van der Waals surface area contributed by atoms with Crippen LogP contribution in [0.25, 0.3) is 0 Å². The molecule has 0 aliphatic carbocycles. The van der Waals surface area contributed by atoms with Crippen LogP contribution in [-0.2, 0) is 25.8 Å². The topological polar surface area (TPSA) is 0 Å². The van der Waals surface area contributed by atoms with E-state index in [2.05, 4.69) is 0 Å². The molecule has 5 heteroatoms. The van der Waals surface area contributed by atoms with Crippen LogP contribution in [-0.4, -0.2) is 8.41 Å². The first-order valence-electron chi connectivity index (χ1n) is 0. The average Bonchev–Trinajstić information content (AvgIpc) is 0. The zero-order chi connectivity index (χ0) is 0. The summed E-state index contributed by atoms with van der Waals surface area (Å²) in [6, 6.07) is 0. The van der Waals surface area contributed by atoms with Crippen LogP contribution in [0.1, 0.15) is 0 Å². The fourth-order valence-electron chi connectivity index (χ4n) is 0. The van der Waals surface area contributed by atoms with Crippen molar-refractivity contribution in [3.63, 3.8) is 0 Å². The van der Waals surface area contributed by atoms with Crippen molar-refractivity contribution in [3.05, 3.63) is 0 Å². The summed E-state index contributed by atoms with van der Waals surface area (Å²) >= 11 is 0. The molecule has 0 aromatic heterocycles. The van der Waals surface area contributed by atoms with E-state index in [0.717, 1.165) is 0 Å². The van der Waals surface area contributed by atoms with E-state index in [9.17, 15) is 0 Å². The van der Waals surface area contributed by atoms with E-state index in [1.165, 1.54) is 0 Å². The summed E-state index contributed by atoms with van der Waals surface area (Å²) < 4.78 is 0. The van der Waals surface area contributed by atoms with Crippen LogP contribution in [0.2, 0.25) is 0 Å². The Hall–Kier alpha value is 5.08. The molecule has 0 saturated heterocycles. The van der Waals surface area contributed by atoms with Crippen molar-refractivity contribution in [2.24, 2.45) is 0 Å². The van der Waals surface area contributed by atoms with Gasteiger partial charge in [0.25, 0.3) is 0 Å². The molecule has 37 valence electrons. The van der Waals surface area contributed by atoms with E-state index >= 15 is 0 Å². The fraction of sp³-hybridized carbons (Fsp3) is 0. The molecule has 0 saturated carbocycles. The van der Waals surface area contributed by atoms with E-state index in [4.69, 9.17) is 0 Å². The molecule has 0 nitrogen and oxygen atoms in total. The molecular weight excluding hydrogens is 535 g/mol. The number of hydrogen-bond donors (Lipinski definition) is 0. The van der Waals surface area contributed by atoms with Gasteiger partial charge in [0.2, 0.25) is 0 Å². The molecule has 0 heterocycles. The van der Waals surface area contributed by atoms with Crippen LogP contribution in [0.5, 0.6) is 0 Å². The Balaban J connectivity index is 0. The molecule has 0 spiro atoms. The van der Waals surface area contributed by atoms with Gasteiger partial charge < -0.3 is 0 Å². The van der Waals surface area contributed by atoms with Crippen LogP contribution in [0.3, 0.4) is 0 Å². The molecule has 0 aromatic rings. The third kappa shape index (κ3) is 17.6. The molecule has 0 N–H and O–H groups in total. The quantitative estimate of drug-likeness (QED) is 0.342.